The summed E-state index contributed by atoms with van der Waals surface area (Å²) in [6.45, 7) is 1.70. The zero-order valence-electron chi connectivity index (χ0n) is 15.3. The first-order valence-corrected chi connectivity index (χ1v) is 8.95. The summed E-state index contributed by atoms with van der Waals surface area (Å²) in [5, 5.41) is 4.56. The second-order valence-electron chi connectivity index (χ2n) is 6.50. The Kier molecular flexibility index (Phi) is 4.85. The molecule has 3 aromatic rings. The molecule has 0 saturated carbocycles. The molecule has 142 valence electrons. The van der Waals surface area contributed by atoms with Crippen molar-refractivity contribution in [1.82, 2.24) is 5.32 Å². The third kappa shape index (κ3) is 3.62. The number of hydrogen-bond donors (Lipinski definition) is 1. The quantitative estimate of drug-likeness (QED) is 0.688. The van der Waals surface area contributed by atoms with E-state index in [1.165, 1.54) is 0 Å². The Hall–Kier alpha value is -3.54. The predicted molar refractivity (Wildman–Crippen MR) is 103 cm³/mol. The average Bonchev–Trinajstić information content (AvgIpc) is 3.19. The highest BCUT2D eigenvalue weighted by Crippen LogP contribution is 2.34. The molecule has 0 spiro atoms. The number of amides is 1. The van der Waals surface area contributed by atoms with E-state index in [0.717, 1.165) is 16.3 Å². The maximum Gasteiger partial charge on any atom is 0.339 e. The van der Waals surface area contributed by atoms with Crippen LogP contribution in [0, 0.1) is 0 Å². The summed E-state index contributed by atoms with van der Waals surface area (Å²) in [5.41, 5.74) is 1.31. The molecule has 1 amide bonds. The van der Waals surface area contributed by atoms with Gasteiger partial charge in [0.2, 0.25) is 6.79 Å². The van der Waals surface area contributed by atoms with Crippen LogP contribution in [0.15, 0.2) is 60.7 Å². The first-order valence-electron chi connectivity index (χ1n) is 8.95. The minimum atomic E-state index is -0.525. The molecule has 0 bridgehead atoms. The molecular formula is C22H19NO5. The van der Waals surface area contributed by atoms with Crippen molar-refractivity contribution in [1.29, 1.82) is 0 Å². The van der Waals surface area contributed by atoms with Gasteiger partial charge in [-0.3, -0.25) is 4.79 Å². The highest BCUT2D eigenvalue weighted by Gasteiger charge is 2.18. The van der Waals surface area contributed by atoms with Crippen LogP contribution >= 0.6 is 0 Å². The van der Waals surface area contributed by atoms with E-state index in [1.54, 1.807) is 18.2 Å². The van der Waals surface area contributed by atoms with E-state index in [9.17, 15) is 9.59 Å². The molecule has 0 radical (unpaired) electrons. The van der Waals surface area contributed by atoms with Crippen molar-refractivity contribution in [2.45, 2.75) is 13.0 Å². The zero-order chi connectivity index (χ0) is 19.5. The van der Waals surface area contributed by atoms with Crippen LogP contribution in [0.25, 0.3) is 10.8 Å². The van der Waals surface area contributed by atoms with Crippen LogP contribution in [0.5, 0.6) is 11.5 Å². The Balaban J connectivity index is 1.37. The fraction of sp³-hybridized carbons (Fsp3) is 0.182. The summed E-state index contributed by atoms with van der Waals surface area (Å²) in [6.07, 6.45) is 0. The smallest absolute Gasteiger partial charge is 0.339 e. The molecule has 0 saturated heterocycles. The Labute approximate surface area is 162 Å². The monoisotopic (exact) mass is 377 g/mol. The lowest BCUT2D eigenvalue weighted by Crippen LogP contribution is -2.31. The molecule has 3 aromatic carbocycles. The van der Waals surface area contributed by atoms with Crippen LogP contribution in [0.2, 0.25) is 0 Å². The Morgan fingerprint density at radius 3 is 2.71 bits per heavy atom. The molecule has 6 nitrogen and oxygen atoms in total. The molecular weight excluding hydrogens is 358 g/mol. The first kappa shape index (κ1) is 17.9. The zero-order valence-corrected chi connectivity index (χ0v) is 15.3. The van der Waals surface area contributed by atoms with Crippen molar-refractivity contribution >= 4 is 22.6 Å². The van der Waals surface area contributed by atoms with Crippen LogP contribution in [0.1, 0.15) is 28.9 Å². The minimum Gasteiger partial charge on any atom is -0.454 e. The van der Waals surface area contributed by atoms with Crippen molar-refractivity contribution in [3.8, 4) is 11.5 Å². The van der Waals surface area contributed by atoms with E-state index in [0.29, 0.717) is 17.1 Å². The molecule has 0 aliphatic carbocycles. The van der Waals surface area contributed by atoms with Gasteiger partial charge >= 0.3 is 5.97 Å². The topological polar surface area (TPSA) is 73.9 Å². The lowest BCUT2D eigenvalue weighted by atomic mass is 10.1. The van der Waals surface area contributed by atoms with E-state index >= 15 is 0 Å². The lowest BCUT2D eigenvalue weighted by Gasteiger charge is -2.15. The molecule has 6 heteroatoms. The molecule has 0 fully saturated rings. The van der Waals surface area contributed by atoms with E-state index in [-0.39, 0.29) is 25.3 Å². The lowest BCUT2D eigenvalue weighted by molar-refractivity contribution is -0.124. The number of carbonyl (C=O) groups excluding carboxylic acids is 2. The summed E-state index contributed by atoms with van der Waals surface area (Å²) in [7, 11) is 0. The number of hydrogen-bond acceptors (Lipinski definition) is 5. The molecule has 28 heavy (non-hydrogen) atoms. The summed E-state index contributed by atoms with van der Waals surface area (Å²) in [5.74, 6) is 0.439. The van der Waals surface area contributed by atoms with Gasteiger partial charge in [-0.1, -0.05) is 42.5 Å². The molecule has 1 aliphatic heterocycles. The van der Waals surface area contributed by atoms with Crippen LogP contribution in [-0.2, 0) is 9.53 Å². The number of rotatable bonds is 5. The number of nitrogens with one attached hydrogen (secondary N) is 1. The van der Waals surface area contributed by atoms with Crippen LogP contribution < -0.4 is 14.8 Å². The highest BCUT2D eigenvalue weighted by atomic mass is 16.7. The van der Waals surface area contributed by atoms with Crippen molar-refractivity contribution in [2.75, 3.05) is 13.4 Å². The minimum absolute atomic E-state index is 0.198. The highest BCUT2D eigenvalue weighted by molar-refractivity contribution is 6.04. The maximum atomic E-state index is 12.4. The summed E-state index contributed by atoms with van der Waals surface area (Å²) < 4.78 is 15.9. The number of ether oxygens (including phenoxy) is 3. The number of fused-ring (bicyclic) bond motifs is 2. The Morgan fingerprint density at radius 2 is 1.82 bits per heavy atom. The molecule has 1 aliphatic rings. The summed E-state index contributed by atoms with van der Waals surface area (Å²) >= 11 is 0. The molecule has 0 aromatic heterocycles. The van der Waals surface area contributed by atoms with Gasteiger partial charge in [-0.15, -0.1) is 0 Å². The second kappa shape index (κ2) is 7.60. The van der Waals surface area contributed by atoms with E-state index in [2.05, 4.69) is 5.32 Å². The maximum absolute atomic E-state index is 12.4. The standard InChI is InChI=1S/C22H19NO5/c1-14(16-9-10-19-20(11-16)28-13-27-19)23-21(24)12-26-22(25)18-8-4-6-15-5-2-3-7-17(15)18/h2-11,14H,12-13H2,1H3,(H,23,24)/t14-/m0/s1. The van der Waals surface area contributed by atoms with E-state index in [4.69, 9.17) is 14.2 Å². The van der Waals surface area contributed by atoms with Crippen LogP contribution in [0.3, 0.4) is 0 Å². The molecule has 1 N–H and O–H groups in total. The van der Waals surface area contributed by atoms with E-state index in [1.807, 2.05) is 49.4 Å². The predicted octanol–water partition coefficient (Wildman–Crippen LogP) is 3.60. The Bertz CT molecular complexity index is 1040. The molecule has 0 unspecified atom stereocenters. The Morgan fingerprint density at radius 1 is 1.04 bits per heavy atom. The normalized spacial score (nSPS) is 13.2. The fourth-order valence-corrected chi connectivity index (χ4v) is 3.16. The van der Waals surface area contributed by atoms with Crippen molar-refractivity contribution < 1.29 is 23.8 Å². The number of carbonyl (C=O) groups is 2. The second-order valence-corrected chi connectivity index (χ2v) is 6.50. The summed E-state index contributed by atoms with van der Waals surface area (Å²) in [6, 6.07) is 18.2. The van der Waals surface area contributed by atoms with Crippen LogP contribution in [-0.4, -0.2) is 25.3 Å². The number of benzene rings is 3. The average molecular weight is 377 g/mol. The van der Waals surface area contributed by atoms with Crippen molar-refractivity contribution in [3.63, 3.8) is 0 Å². The van der Waals surface area contributed by atoms with Gasteiger partial charge < -0.3 is 19.5 Å². The molecule has 1 heterocycles. The third-order valence-electron chi connectivity index (χ3n) is 4.62. The van der Waals surface area contributed by atoms with Gasteiger partial charge in [0.25, 0.3) is 5.91 Å². The van der Waals surface area contributed by atoms with Gasteiger partial charge in [0, 0.05) is 0 Å². The molecule has 4 rings (SSSR count). The van der Waals surface area contributed by atoms with Crippen LogP contribution in [0.4, 0.5) is 0 Å². The van der Waals surface area contributed by atoms with Gasteiger partial charge in [-0.2, -0.15) is 0 Å². The number of esters is 1. The molecule has 1 atom stereocenters. The van der Waals surface area contributed by atoms with E-state index < -0.39 is 5.97 Å². The van der Waals surface area contributed by atoms with Crippen molar-refractivity contribution in [2.24, 2.45) is 0 Å². The van der Waals surface area contributed by atoms with Gasteiger partial charge in [0.15, 0.2) is 18.1 Å². The van der Waals surface area contributed by atoms with Gasteiger partial charge in [-0.05, 0) is 41.5 Å². The fourth-order valence-electron chi connectivity index (χ4n) is 3.16. The largest absolute Gasteiger partial charge is 0.454 e. The SMILES string of the molecule is C[C@H](NC(=O)COC(=O)c1cccc2ccccc12)c1ccc2c(c1)OCO2. The van der Waals surface area contributed by atoms with Gasteiger partial charge in [0.1, 0.15) is 0 Å². The van der Waals surface area contributed by atoms with Gasteiger partial charge in [0.05, 0.1) is 11.6 Å². The van der Waals surface area contributed by atoms with Crippen molar-refractivity contribution in [3.05, 3.63) is 71.8 Å². The third-order valence-corrected chi connectivity index (χ3v) is 4.62. The first-order chi connectivity index (χ1) is 13.6. The summed E-state index contributed by atoms with van der Waals surface area (Å²) in [4.78, 5) is 24.6. The van der Waals surface area contributed by atoms with Gasteiger partial charge in [-0.25, -0.2) is 4.79 Å².